The minimum absolute atomic E-state index is 0.270. The first-order valence-electron chi connectivity index (χ1n) is 11.8. The lowest BCUT2D eigenvalue weighted by molar-refractivity contribution is 0.150. The van der Waals surface area contributed by atoms with Crippen LogP contribution >= 0.6 is 0 Å². The number of rotatable bonds is 3. The number of aromatic nitrogens is 3. The molecule has 166 valence electrons. The van der Waals surface area contributed by atoms with Crippen molar-refractivity contribution in [3.63, 3.8) is 0 Å². The Kier molecular flexibility index (Phi) is 5.08. The van der Waals surface area contributed by atoms with Crippen molar-refractivity contribution in [3.05, 3.63) is 66.9 Å². The van der Waals surface area contributed by atoms with E-state index in [9.17, 15) is 0 Å². The quantitative estimate of drug-likeness (QED) is 0.782. The zero-order chi connectivity index (χ0) is 21.5. The summed E-state index contributed by atoms with van der Waals surface area (Å²) < 4.78 is 1.94. The highest BCUT2D eigenvalue weighted by atomic mass is 15.3. The molecule has 6 rings (SSSR count). The molecule has 0 saturated carbocycles. The summed E-state index contributed by atoms with van der Waals surface area (Å²) in [5, 5.41) is 11.5. The molecule has 2 N–H and O–H groups in total. The second kappa shape index (κ2) is 8.22. The summed E-state index contributed by atoms with van der Waals surface area (Å²) in [5.74, 6) is 0.540. The van der Waals surface area contributed by atoms with Crippen LogP contribution in [0, 0.1) is 11.8 Å². The van der Waals surface area contributed by atoms with Gasteiger partial charge in [-0.3, -0.25) is 4.90 Å². The van der Waals surface area contributed by atoms with Crippen molar-refractivity contribution < 1.29 is 0 Å². The fourth-order valence-electron chi connectivity index (χ4n) is 5.63. The molecule has 3 aliphatic heterocycles. The van der Waals surface area contributed by atoms with Crippen LogP contribution in [0.5, 0.6) is 0 Å². The Labute approximate surface area is 189 Å². The average molecular weight is 430 g/mol. The van der Waals surface area contributed by atoms with Crippen LogP contribution in [-0.2, 0) is 0 Å². The molecule has 0 amide bonds. The molecule has 1 aliphatic carbocycles. The largest absolute Gasteiger partial charge is 0.369 e. The first-order chi connectivity index (χ1) is 15.8. The van der Waals surface area contributed by atoms with Crippen LogP contribution in [0.2, 0.25) is 0 Å². The van der Waals surface area contributed by atoms with Gasteiger partial charge in [0, 0.05) is 74.6 Å². The molecule has 32 heavy (non-hydrogen) atoms. The minimum Gasteiger partial charge on any atom is -0.369 e. The molecule has 2 saturated heterocycles. The third-order valence-corrected chi connectivity index (χ3v) is 7.46. The van der Waals surface area contributed by atoms with Gasteiger partial charge in [0.1, 0.15) is 0 Å². The smallest absolute Gasteiger partial charge is 0.162 e. The summed E-state index contributed by atoms with van der Waals surface area (Å²) in [6.07, 6.45) is 19.3. The van der Waals surface area contributed by atoms with Gasteiger partial charge in [-0.25, -0.2) is 9.50 Å². The molecular weight excluding hydrogens is 398 g/mol. The predicted molar refractivity (Wildman–Crippen MR) is 128 cm³/mol. The molecule has 2 fully saturated rings. The summed E-state index contributed by atoms with van der Waals surface area (Å²) in [5.41, 5.74) is 5.41. The lowest BCUT2D eigenvalue weighted by Crippen LogP contribution is -2.52. The van der Waals surface area contributed by atoms with Gasteiger partial charge in [0.2, 0.25) is 0 Å². The van der Waals surface area contributed by atoms with Gasteiger partial charge >= 0.3 is 0 Å². The fraction of sp³-hybridized carbons (Fsp3) is 0.440. The number of hydrogen-bond donors (Lipinski definition) is 2. The van der Waals surface area contributed by atoms with Crippen molar-refractivity contribution >= 4 is 16.9 Å². The van der Waals surface area contributed by atoms with Crippen LogP contribution < -0.4 is 15.5 Å². The van der Waals surface area contributed by atoms with Gasteiger partial charge in [-0.1, -0.05) is 30.9 Å². The van der Waals surface area contributed by atoms with E-state index < -0.39 is 0 Å². The maximum absolute atomic E-state index is 4.86. The van der Waals surface area contributed by atoms with Crippen LogP contribution in [0.1, 0.15) is 18.4 Å². The molecule has 2 aromatic heterocycles. The lowest BCUT2D eigenvalue weighted by Gasteiger charge is -2.41. The zero-order valence-corrected chi connectivity index (χ0v) is 18.5. The van der Waals surface area contributed by atoms with Crippen molar-refractivity contribution in [3.8, 4) is 0 Å². The maximum Gasteiger partial charge on any atom is 0.162 e. The highest BCUT2D eigenvalue weighted by molar-refractivity contribution is 5.79. The highest BCUT2D eigenvalue weighted by Crippen LogP contribution is 2.39. The number of nitrogens with zero attached hydrogens (tertiary/aromatic N) is 5. The van der Waals surface area contributed by atoms with E-state index in [1.54, 1.807) is 0 Å². The van der Waals surface area contributed by atoms with E-state index in [1.165, 1.54) is 31.5 Å². The molecule has 0 radical (unpaired) electrons. The first kappa shape index (κ1) is 19.8. The average Bonchev–Trinajstić information content (AvgIpc) is 3.28. The van der Waals surface area contributed by atoms with Crippen LogP contribution in [0.25, 0.3) is 11.2 Å². The second-order valence-corrected chi connectivity index (χ2v) is 9.23. The molecule has 2 atom stereocenters. The Morgan fingerprint density at radius 1 is 0.969 bits per heavy atom. The topological polar surface area (TPSA) is 60.7 Å². The normalized spacial score (nSPS) is 26.8. The molecule has 2 unspecified atom stereocenters. The number of hydrogen-bond acceptors (Lipinski definition) is 6. The summed E-state index contributed by atoms with van der Waals surface area (Å²) >= 11 is 0. The molecule has 7 heteroatoms. The van der Waals surface area contributed by atoms with Gasteiger partial charge < -0.3 is 15.5 Å². The molecule has 5 heterocycles. The predicted octanol–water partition coefficient (Wildman–Crippen LogP) is 2.42. The van der Waals surface area contributed by atoms with Crippen molar-refractivity contribution in [1.82, 2.24) is 30.1 Å². The van der Waals surface area contributed by atoms with Crippen molar-refractivity contribution in [2.45, 2.75) is 18.9 Å². The molecule has 7 nitrogen and oxygen atoms in total. The van der Waals surface area contributed by atoms with Crippen molar-refractivity contribution in [2.24, 2.45) is 11.8 Å². The first-order valence-corrected chi connectivity index (χ1v) is 11.8. The summed E-state index contributed by atoms with van der Waals surface area (Å²) in [4.78, 5) is 9.99. The standard InChI is InChI=1S/C25H31N7/c1-18-21-4-2-3-5-22(21)23(15-27-18)24-16-29-32-17-20(14-28-25(24)32)30-10-6-19(7-11-30)31-12-8-26-9-13-31/h2-5,14-17,19,21-22,26-27H,1,6-13H2. The summed E-state index contributed by atoms with van der Waals surface area (Å²) in [6.45, 7) is 10.9. The monoisotopic (exact) mass is 429 g/mol. The van der Waals surface area contributed by atoms with Gasteiger partial charge in [-0.15, -0.1) is 0 Å². The Morgan fingerprint density at radius 2 is 1.75 bits per heavy atom. The van der Waals surface area contributed by atoms with E-state index in [1.807, 2.05) is 16.9 Å². The Balaban J connectivity index is 1.21. The van der Waals surface area contributed by atoms with E-state index in [0.29, 0.717) is 6.04 Å². The van der Waals surface area contributed by atoms with Gasteiger partial charge in [0.05, 0.1) is 24.3 Å². The molecule has 0 bridgehead atoms. The van der Waals surface area contributed by atoms with Crippen LogP contribution in [-0.4, -0.2) is 64.8 Å². The van der Waals surface area contributed by atoms with Crippen molar-refractivity contribution in [2.75, 3.05) is 44.2 Å². The van der Waals surface area contributed by atoms with Crippen molar-refractivity contribution in [1.29, 1.82) is 0 Å². The highest BCUT2D eigenvalue weighted by Gasteiger charge is 2.31. The van der Waals surface area contributed by atoms with Crippen LogP contribution in [0.3, 0.4) is 0 Å². The number of piperazine rings is 1. The molecule has 0 spiro atoms. The molecular formula is C25H31N7. The Bertz CT molecular complexity index is 1100. The maximum atomic E-state index is 4.86. The fourth-order valence-corrected chi connectivity index (χ4v) is 5.63. The second-order valence-electron chi connectivity index (χ2n) is 9.23. The number of allylic oxidation sites excluding steroid dienone is 5. The summed E-state index contributed by atoms with van der Waals surface area (Å²) in [7, 11) is 0. The number of anilines is 1. The Morgan fingerprint density at radius 3 is 2.56 bits per heavy atom. The van der Waals surface area contributed by atoms with Gasteiger partial charge in [0.25, 0.3) is 0 Å². The van der Waals surface area contributed by atoms with Crippen LogP contribution in [0.15, 0.2) is 61.4 Å². The SMILES string of the molecule is C=C1NC=C(c2cnn3cc(N4CCC(N5CCNCC5)CC4)cnc23)C2C=CC=CC12. The molecule has 0 aromatic carbocycles. The van der Waals surface area contributed by atoms with E-state index in [4.69, 9.17) is 4.98 Å². The number of nitrogens with one attached hydrogen (secondary N) is 2. The molecule has 2 aromatic rings. The number of fused-ring (bicyclic) bond motifs is 2. The third kappa shape index (κ3) is 3.45. The third-order valence-electron chi connectivity index (χ3n) is 7.46. The number of piperidine rings is 1. The lowest BCUT2D eigenvalue weighted by atomic mass is 9.77. The molecule has 4 aliphatic rings. The van der Waals surface area contributed by atoms with Gasteiger partial charge in [-0.05, 0) is 18.4 Å². The minimum atomic E-state index is 0.270. The van der Waals surface area contributed by atoms with E-state index in [0.717, 1.165) is 48.8 Å². The summed E-state index contributed by atoms with van der Waals surface area (Å²) in [6, 6.07) is 0.715. The van der Waals surface area contributed by atoms with E-state index in [-0.39, 0.29) is 11.8 Å². The Hall–Kier alpha value is -2.90. The van der Waals surface area contributed by atoms with E-state index in [2.05, 4.69) is 68.8 Å². The van der Waals surface area contributed by atoms with E-state index >= 15 is 0 Å². The van der Waals surface area contributed by atoms with Crippen LogP contribution in [0.4, 0.5) is 5.69 Å². The zero-order valence-electron chi connectivity index (χ0n) is 18.5. The van der Waals surface area contributed by atoms with Gasteiger partial charge in [-0.2, -0.15) is 5.10 Å². The van der Waals surface area contributed by atoms with Gasteiger partial charge in [0.15, 0.2) is 5.65 Å².